The van der Waals surface area contributed by atoms with Crippen LogP contribution in [0.4, 0.5) is 0 Å². The summed E-state index contributed by atoms with van der Waals surface area (Å²) in [6.45, 7) is 0.852. The van der Waals surface area contributed by atoms with Gasteiger partial charge in [-0.3, -0.25) is 0 Å². The van der Waals surface area contributed by atoms with E-state index >= 15 is 0 Å². The van der Waals surface area contributed by atoms with Gasteiger partial charge in [0.25, 0.3) is 0 Å². The van der Waals surface area contributed by atoms with Crippen molar-refractivity contribution < 1.29 is 4.74 Å². The Hall–Kier alpha value is -1.32. The van der Waals surface area contributed by atoms with Gasteiger partial charge in [0, 0.05) is 17.1 Å². The van der Waals surface area contributed by atoms with Crippen LogP contribution in [0.3, 0.4) is 0 Å². The van der Waals surface area contributed by atoms with Crippen LogP contribution in [-0.2, 0) is 0 Å². The molecule has 0 amide bonds. The number of hydrogen-bond acceptors (Lipinski definition) is 2. The molecule has 0 bridgehead atoms. The van der Waals surface area contributed by atoms with Gasteiger partial charge in [-0.15, -0.1) is 0 Å². The van der Waals surface area contributed by atoms with E-state index in [2.05, 4.69) is 45.5 Å². The van der Waals surface area contributed by atoms with Crippen LogP contribution < -0.4 is 10.1 Å². The molecule has 2 aromatic carbocycles. The van der Waals surface area contributed by atoms with Crippen LogP contribution in [-0.4, -0.2) is 12.6 Å². The molecule has 1 saturated carbocycles. The molecule has 1 fully saturated rings. The average molecular weight is 332 g/mol. The minimum Gasteiger partial charge on any atom is -0.484 e. The minimum absolute atomic E-state index is 0.0537. The lowest BCUT2D eigenvalue weighted by Gasteiger charge is -2.20. The SMILES string of the molecule is Brc1ccc(OC(CNC2CC2)c2ccccc2)cc1. The van der Waals surface area contributed by atoms with Gasteiger partial charge in [-0.2, -0.15) is 0 Å². The molecule has 1 aliphatic carbocycles. The van der Waals surface area contributed by atoms with Gasteiger partial charge in [0.15, 0.2) is 0 Å². The fourth-order valence-electron chi connectivity index (χ4n) is 2.13. The Morgan fingerprint density at radius 2 is 1.75 bits per heavy atom. The monoisotopic (exact) mass is 331 g/mol. The first-order valence-electron chi connectivity index (χ1n) is 7.02. The van der Waals surface area contributed by atoms with Gasteiger partial charge in [-0.25, -0.2) is 0 Å². The molecule has 1 N–H and O–H groups in total. The third kappa shape index (κ3) is 3.84. The fourth-order valence-corrected chi connectivity index (χ4v) is 2.40. The van der Waals surface area contributed by atoms with Crippen molar-refractivity contribution in [2.75, 3.05) is 6.54 Å². The van der Waals surface area contributed by atoms with Gasteiger partial charge in [-0.1, -0.05) is 46.3 Å². The van der Waals surface area contributed by atoms with Gasteiger partial charge in [-0.05, 0) is 42.7 Å². The zero-order valence-corrected chi connectivity index (χ0v) is 12.8. The van der Waals surface area contributed by atoms with Crippen molar-refractivity contribution in [1.29, 1.82) is 0 Å². The van der Waals surface area contributed by atoms with Gasteiger partial charge < -0.3 is 10.1 Å². The largest absolute Gasteiger partial charge is 0.484 e. The first kappa shape index (κ1) is 13.7. The zero-order chi connectivity index (χ0) is 13.8. The average Bonchev–Trinajstić information content (AvgIpc) is 3.31. The molecule has 0 radical (unpaired) electrons. The van der Waals surface area contributed by atoms with Crippen molar-refractivity contribution >= 4 is 15.9 Å². The van der Waals surface area contributed by atoms with E-state index in [-0.39, 0.29) is 6.10 Å². The summed E-state index contributed by atoms with van der Waals surface area (Å²) in [4.78, 5) is 0. The molecular formula is C17H18BrNO. The van der Waals surface area contributed by atoms with E-state index in [1.165, 1.54) is 18.4 Å². The topological polar surface area (TPSA) is 21.3 Å². The van der Waals surface area contributed by atoms with Crippen LogP contribution in [0, 0.1) is 0 Å². The summed E-state index contributed by atoms with van der Waals surface area (Å²) in [5.74, 6) is 0.902. The van der Waals surface area contributed by atoms with E-state index in [9.17, 15) is 0 Å². The van der Waals surface area contributed by atoms with Gasteiger partial charge in [0.2, 0.25) is 0 Å². The van der Waals surface area contributed by atoms with E-state index in [1.807, 2.05) is 30.3 Å². The molecule has 0 saturated heterocycles. The summed E-state index contributed by atoms with van der Waals surface area (Å²) in [6.07, 6.45) is 2.64. The predicted molar refractivity (Wildman–Crippen MR) is 85.0 cm³/mol. The van der Waals surface area contributed by atoms with E-state index in [1.54, 1.807) is 0 Å². The van der Waals surface area contributed by atoms with Crippen molar-refractivity contribution in [2.45, 2.75) is 25.0 Å². The van der Waals surface area contributed by atoms with Crippen LogP contribution in [0.1, 0.15) is 24.5 Å². The molecule has 1 unspecified atom stereocenters. The standard InChI is InChI=1S/C17H18BrNO/c18-14-6-10-16(11-7-14)20-17(12-19-15-8-9-15)13-4-2-1-3-5-13/h1-7,10-11,15,17,19H,8-9,12H2. The number of rotatable bonds is 6. The summed E-state index contributed by atoms with van der Waals surface area (Å²) in [7, 11) is 0. The van der Waals surface area contributed by atoms with Crippen LogP contribution >= 0.6 is 15.9 Å². The Bertz CT molecular complexity index is 537. The van der Waals surface area contributed by atoms with Crippen LogP contribution in [0.25, 0.3) is 0 Å². The first-order valence-corrected chi connectivity index (χ1v) is 7.81. The molecule has 1 aliphatic rings. The molecule has 2 nitrogen and oxygen atoms in total. The predicted octanol–water partition coefficient (Wildman–Crippen LogP) is 4.32. The van der Waals surface area contributed by atoms with Crippen LogP contribution in [0.2, 0.25) is 0 Å². The lowest BCUT2D eigenvalue weighted by atomic mass is 10.1. The Kier molecular flexibility index (Phi) is 4.38. The van der Waals surface area contributed by atoms with Gasteiger partial charge in [0.05, 0.1) is 0 Å². The summed E-state index contributed by atoms with van der Waals surface area (Å²) >= 11 is 3.45. The van der Waals surface area contributed by atoms with Gasteiger partial charge in [0.1, 0.15) is 11.9 Å². The first-order chi connectivity index (χ1) is 9.81. The minimum atomic E-state index is 0.0537. The van der Waals surface area contributed by atoms with Crippen molar-refractivity contribution in [3.63, 3.8) is 0 Å². The molecule has 0 aromatic heterocycles. The maximum absolute atomic E-state index is 6.15. The Labute approximate surface area is 128 Å². The highest BCUT2D eigenvalue weighted by atomic mass is 79.9. The molecule has 2 aromatic rings. The third-order valence-corrected chi connectivity index (χ3v) is 3.96. The van der Waals surface area contributed by atoms with E-state index in [4.69, 9.17) is 4.74 Å². The molecule has 3 rings (SSSR count). The maximum Gasteiger partial charge on any atom is 0.136 e. The van der Waals surface area contributed by atoms with Crippen molar-refractivity contribution in [1.82, 2.24) is 5.32 Å². The number of halogens is 1. The second-order valence-electron chi connectivity index (χ2n) is 5.15. The highest BCUT2D eigenvalue weighted by molar-refractivity contribution is 9.10. The Balaban J connectivity index is 1.72. The number of nitrogens with one attached hydrogen (secondary N) is 1. The summed E-state index contributed by atoms with van der Waals surface area (Å²) in [5.41, 5.74) is 1.21. The van der Waals surface area contributed by atoms with Crippen molar-refractivity contribution in [2.24, 2.45) is 0 Å². The maximum atomic E-state index is 6.15. The highest BCUT2D eigenvalue weighted by Crippen LogP contribution is 2.25. The molecular weight excluding hydrogens is 314 g/mol. The third-order valence-electron chi connectivity index (χ3n) is 3.43. The van der Waals surface area contributed by atoms with Crippen molar-refractivity contribution in [3.8, 4) is 5.75 Å². The molecule has 20 heavy (non-hydrogen) atoms. The van der Waals surface area contributed by atoms with Gasteiger partial charge >= 0.3 is 0 Å². The highest BCUT2D eigenvalue weighted by Gasteiger charge is 2.23. The number of ether oxygens (including phenoxy) is 1. The second-order valence-corrected chi connectivity index (χ2v) is 6.07. The fraction of sp³-hybridized carbons (Fsp3) is 0.294. The summed E-state index contributed by atoms with van der Waals surface area (Å²) < 4.78 is 7.22. The molecule has 1 atom stereocenters. The second kappa shape index (κ2) is 6.42. The quantitative estimate of drug-likeness (QED) is 0.851. The van der Waals surface area contributed by atoms with E-state index < -0.39 is 0 Å². The Morgan fingerprint density at radius 1 is 1.05 bits per heavy atom. The molecule has 0 spiro atoms. The molecule has 0 heterocycles. The lowest BCUT2D eigenvalue weighted by Crippen LogP contribution is -2.26. The molecule has 3 heteroatoms. The molecule has 104 valence electrons. The lowest BCUT2D eigenvalue weighted by molar-refractivity contribution is 0.201. The van der Waals surface area contributed by atoms with Crippen molar-refractivity contribution in [3.05, 3.63) is 64.6 Å². The smallest absolute Gasteiger partial charge is 0.136 e. The van der Waals surface area contributed by atoms with Crippen LogP contribution in [0.5, 0.6) is 5.75 Å². The summed E-state index contributed by atoms with van der Waals surface area (Å²) in [5, 5.41) is 3.55. The number of hydrogen-bond donors (Lipinski definition) is 1. The molecule has 0 aliphatic heterocycles. The Morgan fingerprint density at radius 3 is 2.40 bits per heavy atom. The van der Waals surface area contributed by atoms with E-state index in [0.29, 0.717) is 6.04 Å². The number of benzene rings is 2. The van der Waals surface area contributed by atoms with Crippen LogP contribution in [0.15, 0.2) is 59.1 Å². The van der Waals surface area contributed by atoms with E-state index in [0.717, 1.165) is 16.8 Å². The zero-order valence-electron chi connectivity index (χ0n) is 11.3. The summed E-state index contributed by atoms with van der Waals surface area (Å²) in [6, 6.07) is 19.1. The normalized spacial score (nSPS) is 15.8.